The molecule has 4 nitrogen and oxygen atoms in total. The zero-order valence-corrected chi connectivity index (χ0v) is 11.9. The van der Waals surface area contributed by atoms with Gasteiger partial charge < -0.3 is 10.1 Å². The van der Waals surface area contributed by atoms with Crippen molar-refractivity contribution in [3.05, 3.63) is 48.3 Å². The third-order valence-corrected chi connectivity index (χ3v) is 3.82. The molecule has 1 fully saturated rings. The summed E-state index contributed by atoms with van der Waals surface area (Å²) in [6.07, 6.45) is 5.88. The van der Waals surface area contributed by atoms with Crippen molar-refractivity contribution < 1.29 is 4.74 Å². The Hall–Kier alpha value is -1.81. The van der Waals surface area contributed by atoms with Crippen molar-refractivity contribution in [2.45, 2.75) is 31.9 Å². The molecule has 1 aromatic heterocycles. The van der Waals surface area contributed by atoms with Gasteiger partial charge in [-0.2, -0.15) is 5.10 Å². The van der Waals surface area contributed by atoms with E-state index in [2.05, 4.69) is 29.5 Å². The molecule has 2 aromatic rings. The van der Waals surface area contributed by atoms with Crippen molar-refractivity contribution in [3.8, 4) is 5.75 Å². The summed E-state index contributed by atoms with van der Waals surface area (Å²) in [6, 6.07) is 10.3. The van der Waals surface area contributed by atoms with Crippen molar-refractivity contribution in [1.29, 1.82) is 0 Å². The van der Waals surface area contributed by atoms with Gasteiger partial charge in [0.15, 0.2) is 5.75 Å². The number of hydrogen-bond donors (Lipinski definition) is 1. The fraction of sp³-hybridized carbons (Fsp3) is 0.438. The van der Waals surface area contributed by atoms with Crippen molar-refractivity contribution >= 4 is 0 Å². The summed E-state index contributed by atoms with van der Waals surface area (Å²) in [7, 11) is 0. The van der Waals surface area contributed by atoms with E-state index in [1.807, 2.05) is 35.3 Å². The molecule has 0 spiro atoms. The van der Waals surface area contributed by atoms with Crippen LogP contribution in [-0.4, -0.2) is 28.5 Å². The van der Waals surface area contributed by atoms with Gasteiger partial charge in [0.2, 0.25) is 0 Å². The number of rotatable bonds is 4. The van der Waals surface area contributed by atoms with E-state index in [1.165, 1.54) is 5.56 Å². The van der Waals surface area contributed by atoms with Gasteiger partial charge in [-0.15, -0.1) is 0 Å². The van der Waals surface area contributed by atoms with Crippen LogP contribution in [0.1, 0.15) is 25.3 Å². The Labute approximate surface area is 119 Å². The lowest BCUT2D eigenvalue weighted by Gasteiger charge is -2.34. The molecule has 0 aliphatic carbocycles. The van der Waals surface area contributed by atoms with Crippen molar-refractivity contribution in [2.24, 2.45) is 0 Å². The standard InChI is InChI=1S/C16H21N3O/c1-16(7-9-17-10-8-16)20-15-11-18-19(13-15)12-14-5-3-2-4-6-14/h2-6,11,13,17H,7-10,12H2,1H3. The average Bonchev–Trinajstić information content (AvgIpc) is 2.87. The summed E-state index contributed by atoms with van der Waals surface area (Å²) in [4.78, 5) is 0. The van der Waals surface area contributed by atoms with E-state index in [1.54, 1.807) is 0 Å². The summed E-state index contributed by atoms with van der Waals surface area (Å²) in [6.45, 7) is 5.01. The third kappa shape index (κ3) is 3.20. The number of nitrogens with one attached hydrogen (secondary N) is 1. The summed E-state index contributed by atoms with van der Waals surface area (Å²) in [5.74, 6) is 0.866. The molecule has 0 bridgehead atoms. The molecule has 1 saturated heterocycles. The molecule has 0 radical (unpaired) electrons. The lowest BCUT2D eigenvalue weighted by Crippen LogP contribution is -2.43. The highest BCUT2D eigenvalue weighted by Gasteiger charge is 2.28. The normalized spacial score (nSPS) is 17.9. The van der Waals surface area contributed by atoms with Gasteiger partial charge in [-0.05, 0) is 38.4 Å². The van der Waals surface area contributed by atoms with E-state index in [0.29, 0.717) is 0 Å². The van der Waals surface area contributed by atoms with Crippen LogP contribution in [0.3, 0.4) is 0 Å². The molecule has 1 aliphatic heterocycles. The second-order valence-corrected chi connectivity index (χ2v) is 5.66. The molecule has 0 unspecified atom stereocenters. The monoisotopic (exact) mass is 271 g/mol. The van der Waals surface area contributed by atoms with Gasteiger partial charge in [0.25, 0.3) is 0 Å². The number of benzene rings is 1. The smallest absolute Gasteiger partial charge is 0.158 e. The van der Waals surface area contributed by atoms with Gasteiger partial charge in [-0.3, -0.25) is 4.68 Å². The van der Waals surface area contributed by atoms with Crippen LogP contribution in [0.15, 0.2) is 42.7 Å². The molecule has 1 N–H and O–H groups in total. The highest BCUT2D eigenvalue weighted by molar-refractivity contribution is 5.18. The van der Waals surface area contributed by atoms with Crippen molar-refractivity contribution in [2.75, 3.05) is 13.1 Å². The maximum Gasteiger partial charge on any atom is 0.158 e. The molecule has 1 aromatic carbocycles. The first-order chi connectivity index (χ1) is 9.73. The Morgan fingerprint density at radius 3 is 2.75 bits per heavy atom. The molecule has 1 aliphatic rings. The fourth-order valence-electron chi connectivity index (χ4n) is 2.60. The zero-order chi connectivity index (χ0) is 13.8. The van der Waals surface area contributed by atoms with Crippen molar-refractivity contribution in [3.63, 3.8) is 0 Å². The summed E-state index contributed by atoms with van der Waals surface area (Å²) >= 11 is 0. The second-order valence-electron chi connectivity index (χ2n) is 5.66. The SMILES string of the molecule is CC1(Oc2cnn(Cc3ccccc3)c2)CCNCC1. The molecule has 106 valence electrons. The third-order valence-electron chi connectivity index (χ3n) is 3.82. The maximum atomic E-state index is 6.14. The molecule has 2 heterocycles. The van der Waals surface area contributed by atoms with E-state index in [0.717, 1.165) is 38.2 Å². The van der Waals surface area contributed by atoms with Crippen LogP contribution in [0, 0.1) is 0 Å². The number of piperidine rings is 1. The number of hydrogen-bond acceptors (Lipinski definition) is 3. The Balaban J connectivity index is 1.65. The van der Waals surface area contributed by atoms with Crippen LogP contribution in [0.4, 0.5) is 0 Å². The minimum absolute atomic E-state index is 0.0636. The van der Waals surface area contributed by atoms with E-state index in [9.17, 15) is 0 Å². The Kier molecular flexibility index (Phi) is 3.74. The topological polar surface area (TPSA) is 39.1 Å². The first-order valence-corrected chi connectivity index (χ1v) is 7.20. The maximum absolute atomic E-state index is 6.14. The lowest BCUT2D eigenvalue weighted by molar-refractivity contribution is 0.0555. The fourth-order valence-corrected chi connectivity index (χ4v) is 2.60. The van der Waals surface area contributed by atoms with Gasteiger partial charge >= 0.3 is 0 Å². The molecular formula is C16H21N3O. The van der Waals surface area contributed by atoms with E-state index >= 15 is 0 Å². The largest absolute Gasteiger partial charge is 0.484 e. The second kappa shape index (κ2) is 5.67. The van der Waals surface area contributed by atoms with Gasteiger partial charge in [0, 0.05) is 0 Å². The predicted molar refractivity (Wildman–Crippen MR) is 78.9 cm³/mol. The highest BCUT2D eigenvalue weighted by atomic mass is 16.5. The first kappa shape index (κ1) is 13.2. The van der Waals surface area contributed by atoms with Gasteiger partial charge in [0.05, 0.1) is 18.9 Å². The lowest BCUT2D eigenvalue weighted by atomic mass is 9.94. The summed E-state index contributed by atoms with van der Waals surface area (Å²) < 4.78 is 8.06. The van der Waals surface area contributed by atoms with Crippen LogP contribution >= 0.6 is 0 Å². The number of aromatic nitrogens is 2. The average molecular weight is 271 g/mol. The molecule has 0 atom stereocenters. The Morgan fingerprint density at radius 1 is 1.25 bits per heavy atom. The van der Waals surface area contributed by atoms with E-state index in [-0.39, 0.29) is 5.60 Å². The molecule has 20 heavy (non-hydrogen) atoms. The van der Waals surface area contributed by atoms with E-state index in [4.69, 9.17) is 4.74 Å². The van der Waals surface area contributed by atoms with Crippen LogP contribution in [0.5, 0.6) is 5.75 Å². The van der Waals surface area contributed by atoms with E-state index < -0.39 is 0 Å². The van der Waals surface area contributed by atoms with Crippen LogP contribution < -0.4 is 10.1 Å². The van der Waals surface area contributed by atoms with Gasteiger partial charge in [-0.25, -0.2) is 0 Å². The number of ether oxygens (including phenoxy) is 1. The Bertz CT molecular complexity index is 544. The van der Waals surface area contributed by atoms with Gasteiger partial charge in [-0.1, -0.05) is 30.3 Å². The molecule has 0 saturated carbocycles. The minimum atomic E-state index is -0.0636. The molecule has 0 amide bonds. The zero-order valence-electron chi connectivity index (χ0n) is 11.9. The Morgan fingerprint density at radius 2 is 2.00 bits per heavy atom. The summed E-state index contributed by atoms with van der Waals surface area (Å²) in [5.41, 5.74) is 1.18. The van der Waals surface area contributed by atoms with Gasteiger partial charge in [0.1, 0.15) is 5.60 Å². The predicted octanol–water partition coefficient (Wildman–Crippen LogP) is 2.45. The van der Waals surface area contributed by atoms with Crippen LogP contribution in [0.2, 0.25) is 0 Å². The quantitative estimate of drug-likeness (QED) is 0.928. The van der Waals surface area contributed by atoms with Crippen molar-refractivity contribution in [1.82, 2.24) is 15.1 Å². The molecule has 3 rings (SSSR count). The minimum Gasteiger partial charge on any atom is -0.484 e. The molecular weight excluding hydrogens is 250 g/mol. The highest BCUT2D eigenvalue weighted by Crippen LogP contribution is 2.25. The molecule has 4 heteroatoms. The van der Waals surface area contributed by atoms with Crippen LogP contribution in [0.25, 0.3) is 0 Å². The first-order valence-electron chi connectivity index (χ1n) is 7.20. The number of nitrogens with zero attached hydrogens (tertiary/aromatic N) is 2. The van der Waals surface area contributed by atoms with Crippen LogP contribution in [-0.2, 0) is 6.54 Å². The summed E-state index contributed by atoms with van der Waals surface area (Å²) in [5, 5.41) is 7.75.